The average Bonchev–Trinajstić information content (AvgIpc) is 3.17. The molecular formula is C15H17N3O2. The molecule has 20 heavy (non-hydrogen) atoms. The Morgan fingerprint density at radius 1 is 1.35 bits per heavy atom. The van der Waals surface area contributed by atoms with Crippen molar-refractivity contribution in [1.29, 1.82) is 0 Å². The molecule has 1 aliphatic heterocycles. The third-order valence-electron chi connectivity index (χ3n) is 3.77. The second-order valence-electron chi connectivity index (χ2n) is 4.99. The third-order valence-corrected chi connectivity index (χ3v) is 3.77. The molecule has 5 heteroatoms. The predicted molar refractivity (Wildman–Crippen MR) is 74.7 cm³/mol. The molecule has 1 unspecified atom stereocenters. The van der Waals surface area contributed by atoms with E-state index in [0.717, 1.165) is 25.1 Å². The minimum Gasteiger partial charge on any atom is -0.394 e. The van der Waals surface area contributed by atoms with Crippen LogP contribution in [0.4, 0.5) is 0 Å². The van der Waals surface area contributed by atoms with Gasteiger partial charge in [-0.15, -0.1) is 0 Å². The van der Waals surface area contributed by atoms with Gasteiger partial charge in [-0.2, -0.15) is 0 Å². The van der Waals surface area contributed by atoms with Gasteiger partial charge in [0.1, 0.15) is 0 Å². The van der Waals surface area contributed by atoms with Crippen molar-refractivity contribution >= 4 is 5.91 Å². The first-order chi connectivity index (χ1) is 9.79. The van der Waals surface area contributed by atoms with E-state index in [0.29, 0.717) is 5.56 Å². The molecule has 1 aliphatic rings. The zero-order chi connectivity index (χ0) is 13.9. The first-order valence-corrected chi connectivity index (χ1v) is 6.80. The number of hydrogen-bond donors (Lipinski definition) is 1. The highest BCUT2D eigenvalue weighted by Crippen LogP contribution is 2.20. The first kappa shape index (κ1) is 12.9. The predicted octanol–water partition coefficient (Wildman–Crippen LogP) is 1.47. The van der Waals surface area contributed by atoms with Crippen molar-refractivity contribution in [2.45, 2.75) is 18.9 Å². The van der Waals surface area contributed by atoms with Gasteiger partial charge in [-0.1, -0.05) is 0 Å². The van der Waals surface area contributed by atoms with E-state index >= 15 is 0 Å². The molecule has 0 bridgehead atoms. The second-order valence-corrected chi connectivity index (χ2v) is 4.99. The van der Waals surface area contributed by atoms with E-state index in [1.165, 1.54) is 0 Å². The zero-order valence-corrected chi connectivity index (χ0v) is 11.1. The van der Waals surface area contributed by atoms with Crippen molar-refractivity contribution in [3.63, 3.8) is 0 Å². The van der Waals surface area contributed by atoms with Crippen LogP contribution in [0.3, 0.4) is 0 Å². The summed E-state index contributed by atoms with van der Waals surface area (Å²) < 4.78 is 1.89. The molecule has 0 spiro atoms. The lowest BCUT2D eigenvalue weighted by atomic mass is 10.1. The van der Waals surface area contributed by atoms with E-state index in [4.69, 9.17) is 0 Å². The normalized spacial score (nSPS) is 18.4. The molecular weight excluding hydrogens is 254 g/mol. The highest BCUT2D eigenvalue weighted by molar-refractivity contribution is 5.94. The molecule has 1 N–H and O–H groups in total. The van der Waals surface area contributed by atoms with Crippen molar-refractivity contribution in [3.8, 4) is 5.69 Å². The van der Waals surface area contributed by atoms with Gasteiger partial charge in [0.25, 0.3) is 5.91 Å². The smallest absolute Gasteiger partial charge is 0.254 e. The molecule has 0 aliphatic carbocycles. The molecule has 1 saturated heterocycles. The summed E-state index contributed by atoms with van der Waals surface area (Å²) in [7, 11) is 0. The summed E-state index contributed by atoms with van der Waals surface area (Å²) in [6.07, 6.45) is 7.15. The summed E-state index contributed by atoms with van der Waals surface area (Å²) in [5.41, 5.74) is 1.63. The van der Waals surface area contributed by atoms with Crippen molar-refractivity contribution in [2.75, 3.05) is 13.2 Å². The van der Waals surface area contributed by atoms with Gasteiger partial charge in [0, 0.05) is 30.2 Å². The monoisotopic (exact) mass is 271 g/mol. The van der Waals surface area contributed by atoms with Gasteiger partial charge in [0.05, 0.1) is 19.0 Å². The quantitative estimate of drug-likeness (QED) is 0.919. The van der Waals surface area contributed by atoms with Crippen LogP contribution in [0.5, 0.6) is 0 Å². The van der Waals surface area contributed by atoms with Crippen LogP contribution >= 0.6 is 0 Å². The van der Waals surface area contributed by atoms with Crippen LogP contribution in [-0.4, -0.2) is 44.7 Å². The number of nitrogens with zero attached hydrogens (tertiary/aromatic N) is 3. The van der Waals surface area contributed by atoms with Crippen LogP contribution in [0.15, 0.2) is 43.0 Å². The Morgan fingerprint density at radius 3 is 2.80 bits per heavy atom. The number of carbonyl (C=O) groups is 1. The molecule has 3 rings (SSSR count). The number of hydrogen-bond acceptors (Lipinski definition) is 3. The number of imidazole rings is 1. The van der Waals surface area contributed by atoms with Crippen LogP contribution in [0.2, 0.25) is 0 Å². The minimum atomic E-state index is -0.0316. The Balaban J connectivity index is 1.79. The Kier molecular flexibility index (Phi) is 3.52. The minimum absolute atomic E-state index is 0.00117. The van der Waals surface area contributed by atoms with Crippen molar-refractivity contribution in [1.82, 2.24) is 14.5 Å². The van der Waals surface area contributed by atoms with Crippen LogP contribution in [0.25, 0.3) is 5.69 Å². The van der Waals surface area contributed by atoms with Gasteiger partial charge >= 0.3 is 0 Å². The molecule has 1 aromatic carbocycles. The summed E-state index contributed by atoms with van der Waals surface area (Å²) in [6, 6.07) is 7.42. The standard InChI is InChI=1S/C15H17N3O2/c19-10-14-2-1-8-18(14)15(20)12-3-5-13(6-4-12)17-9-7-16-11-17/h3-7,9,11,14,19H,1-2,8,10H2. The summed E-state index contributed by atoms with van der Waals surface area (Å²) in [6.45, 7) is 0.770. The van der Waals surface area contributed by atoms with Gasteiger partial charge < -0.3 is 14.6 Å². The number of aliphatic hydroxyl groups is 1. The summed E-state index contributed by atoms with van der Waals surface area (Å²) in [4.78, 5) is 18.2. The fourth-order valence-corrected chi connectivity index (χ4v) is 2.65. The first-order valence-electron chi connectivity index (χ1n) is 6.80. The van der Waals surface area contributed by atoms with E-state index in [1.54, 1.807) is 17.4 Å². The highest BCUT2D eigenvalue weighted by Gasteiger charge is 2.28. The van der Waals surface area contributed by atoms with Gasteiger partial charge in [0.15, 0.2) is 0 Å². The average molecular weight is 271 g/mol. The Hall–Kier alpha value is -2.14. The van der Waals surface area contributed by atoms with Gasteiger partial charge in [-0.3, -0.25) is 4.79 Å². The summed E-state index contributed by atoms with van der Waals surface area (Å²) in [5.74, 6) is -0.00117. The van der Waals surface area contributed by atoms with Crippen molar-refractivity contribution in [2.24, 2.45) is 0 Å². The van der Waals surface area contributed by atoms with Crippen LogP contribution in [0, 0.1) is 0 Å². The summed E-state index contributed by atoms with van der Waals surface area (Å²) >= 11 is 0. The maximum absolute atomic E-state index is 12.4. The van der Waals surface area contributed by atoms with Crippen LogP contribution in [-0.2, 0) is 0 Å². The maximum Gasteiger partial charge on any atom is 0.254 e. The second kappa shape index (κ2) is 5.46. The fraction of sp³-hybridized carbons (Fsp3) is 0.333. The van der Waals surface area contributed by atoms with Crippen LogP contribution in [0.1, 0.15) is 23.2 Å². The molecule has 5 nitrogen and oxygen atoms in total. The van der Waals surface area contributed by atoms with Gasteiger partial charge in [-0.05, 0) is 37.1 Å². The fourth-order valence-electron chi connectivity index (χ4n) is 2.65. The molecule has 2 heterocycles. The molecule has 2 aromatic rings. The van der Waals surface area contributed by atoms with E-state index in [1.807, 2.05) is 35.0 Å². The Morgan fingerprint density at radius 2 is 2.15 bits per heavy atom. The topological polar surface area (TPSA) is 58.4 Å². The summed E-state index contributed by atoms with van der Waals surface area (Å²) in [5, 5.41) is 9.30. The highest BCUT2D eigenvalue weighted by atomic mass is 16.3. The lowest BCUT2D eigenvalue weighted by Crippen LogP contribution is -2.37. The van der Waals surface area contributed by atoms with Crippen LogP contribution < -0.4 is 0 Å². The zero-order valence-electron chi connectivity index (χ0n) is 11.1. The van der Waals surface area contributed by atoms with E-state index in [2.05, 4.69) is 4.98 Å². The number of likely N-dealkylation sites (tertiary alicyclic amines) is 1. The van der Waals surface area contributed by atoms with Gasteiger partial charge in [0.2, 0.25) is 0 Å². The van der Waals surface area contributed by atoms with E-state index in [9.17, 15) is 9.90 Å². The molecule has 1 aromatic heterocycles. The van der Waals surface area contributed by atoms with E-state index in [-0.39, 0.29) is 18.6 Å². The largest absolute Gasteiger partial charge is 0.394 e. The van der Waals surface area contributed by atoms with Crippen molar-refractivity contribution in [3.05, 3.63) is 48.5 Å². The molecule has 0 radical (unpaired) electrons. The SMILES string of the molecule is O=C(c1ccc(-n2ccnc2)cc1)N1CCCC1CO. The Bertz CT molecular complexity index is 578. The van der Waals surface area contributed by atoms with Gasteiger partial charge in [-0.25, -0.2) is 4.98 Å². The van der Waals surface area contributed by atoms with E-state index < -0.39 is 0 Å². The Labute approximate surface area is 117 Å². The maximum atomic E-state index is 12.4. The number of amides is 1. The van der Waals surface area contributed by atoms with Crippen molar-refractivity contribution < 1.29 is 9.90 Å². The lowest BCUT2D eigenvalue weighted by Gasteiger charge is -2.23. The molecule has 1 atom stereocenters. The molecule has 0 saturated carbocycles. The number of rotatable bonds is 3. The lowest BCUT2D eigenvalue weighted by molar-refractivity contribution is 0.0677. The number of aromatic nitrogens is 2. The third kappa shape index (κ3) is 2.32. The number of carbonyl (C=O) groups excluding carboxylic acids is 1. The molecule has 104 valence electrons. The molecule has 1 amide bonds. The number of benzene rings is 1. The number of aliphatic hydroxyl groups excluding tert-OH is 1. The molecule has 1 fully saturated rings.